The van der Waals surface area contributed by atoms with Crippen molar-refractivity contribution in [2.75, 3.05) is 20.3 Å². The highest BCUT2D eigenvalue weighted by atomic mass is 32.1. The first-order valence-corrected chi connectivity index (χ1v) is 27.6. The lowest BCUT2D eigenvalue weighted by molar-refractivity contribution is -0.160. The number of nitrogens with zero attached hydrogens (tertiary/aromatic N) is 3. The summed E-state index contributed by atoms with van der Waals surface area (Å²) < 4.78 is 11.6. The largest absolute Gasteiger partial charge is 0.508 e. The second-order valence-electron chi connectivity index (χ2n) is 18.9. The standard InChI is InChI=1S/C48H77N5O10SSi/c1-11-17-43(57)62-30-53(48(60)44(32(5)12-2)51-46(59)39-18-13-15-24-52(39)8)40(31(3)4)28-42(63-34(7)54)47-50-38(29-64-47)45(58)49-36(27-35-20-22-37(55)23-21-35)26-33(6)41(56)19-14-16-25-65(9,10)61/h20-23,29,31-33,36,39-40,42,44,55,61H,11-19,24-28,30H2,1-10H3,(H,49,58)(H,51,59)/t32?,33-,36+,39+,40+,42+,44-/m1/s1. The van der Waals surface area contributed by atoms with Gasteiger partial charge in [-0.15, -0.1) is 11.3 Å². The van der Waals surface area contributed by atoms with Crippen LogP contribution in [0, 0.1) is 17.8 Å². The number of phenols is 1. The molecule has 1 saturated heterocycles. The molecule has 1 aliphatic rings. The van der Waals surface area contributed by atoms with Gasteiger partial charge in [-0.1, -0.05) is 72.9 Å². The SMILES string of the molecule is CCCC(=O)OCN(C(=O)[C@H](NC(=O)[C@@H]1CCCCN1C)C(C)CC)[C@@H](C[C@H](OC(C)=O)c1nc(C(=O)N[C@H](Cc2ccc(O)cc2)C[C@@H](C)C(=O)CCCC[Si](C)(C)O)cs1)C(C)C. The van der Waals surface area contributed by atoms with Crippen LogP contribution in [0.15, 0.2) is 29.6 Å². The normalized spacial score (nSPS) is 17.3. The van der Waals surface area contributed by atoms with Crippen molar-refractivity contribution in [2.45, 2.75) is 175 Å². The minimum Gasteiger partial charge on any atom is -0.508 e. The highest BCUT2D eigenvalue weighted by molar-refractivity contribution is 7.09. The maximum atomic E-state index is 14.9. The molecule has 0 radical (unpaired) electrons. The van der Waals surface area contributed by atoms with Gasteiger partial charge < -0.3 is 34.9 Å². The quantitative estimate of drug-likeness (QED) is 0.0301. The smallest absolute Gasteiger partial charge is 0.307 e. The van der Waals surface area contributed by atoms with E-state index in [2.05, 4.69) is 15.6 Å². The summed E-state index contributed by atoms with van der Waals surface area (Å²) in [5, 5.41) is 17.9. The molecule has 1 fully saturated rings. The average molecular weight is 944 g/mol. The molecule has 0 saturated carbocycles. The number of aromatic nitrogens is 1. The molecule has 15 nitrogen and oxygen atoms in total. The number of nitrogens with one attached hydrogen (secondary N) is 2. The molecular formula is C48H77N5O10SSi. The number of phenolic OH excluding ortho intramolecular Hbond substituents is 1. The molecule has 17 heteroatoms. The summed E-state index contributed by atoms with van der Waals surface area (Å²) in [4.78, 5) is 99.7. The number of unbranched alkanes of at least 4 members (excludes halogenated alkanes) is 1. The van der Waals surface area contributed by atoms with Crippen LogP contribution in [-0.4, -0.2) is 113 Å². The number of likely N-dealkylation sites (tertiary alicyclic amines) is 1. The number of ether oxygens (including phenoxy) is 2. The minimum absolute atomic E-state index is 0.0521. The fourth-order valence-electron chi connectivity index (χ4n) is 8.21. The number of amides is 3. The number of thiazole rings is 1. The molecule has 2 heterocycles. The molecule has 7 atom stereocenters. The third-order valence-electron chi connectivity index (χ3n) is 12.3. The van der Waals surface area contributed by atoms with E-state index in [-0.39, 0.29) is 66.5 Å². The van der Waals surface area contributed by atoms with Gasteiger partial charge in [-0.25, -0.2) is 4.98 Å². The van der Waals surface area contributed by atoms with Crippen LogP contribution in [0.4, 0.5) is 0 Å². The Morgan fingerprint density at radius 1 is 0.985 bits per heavy atom. The van der Waals surface area contributed by atoms with Crippen molar-refractivity contribution >= 4 is 55.1 Å². The number of rotatable bonds is 27. The topological polar surface area (TPSA) is 205 Å². The van der Waals surface area contributed by atoms with Gasteiger partial charge in [-0.05, 0) is 101 Å². The van der Waals surface area contributed by atoms with Gasteiger partial charge in [0.2, 0.25) is 11.8 Å². The van der Waals surface area contributed by atoms with Crippen LogP contribution in [0.3, 0.4) is 0 Å². The predicted octanol–water partition coefficient (Wildman–Crippen LogP) is 7.32. The van der Waals surface area contributed by atoms with E-state index in [4.69, 9.17) is 9.47 Å². The molecule has 1 aromatic carbocycles. The Labute approximate surface area is 391 Å². The zero-order valence-electron chi connectivity index (χ0n) is 40.5. The van der Waals surface area contributed by atoms with E-state index in [1.165, 1.54) is 11.8 Å². The number of esters is 2. The van der Waals surface area contributed by atoms with Gasteiger partial charge in [0.25, 0.3) is 5.91 Å². The highest BCUT2D eigenvalue weighted by Gasteiger charge is 2.39. The molecular weight excluding hydrogens is 867 g/mol. The van der Waals surface area contributed by atoms with E-state index in [1.807, 2.05) is 66.6 Å². The van der Waals surface area contributed by atoms with E-state index >= 15 is 0 Å². The fraction of sp³-hybridized carbons (Fsp3) is 0.688. The van der Waals surface area contributed by atoms with E-state index in [1.54, 1.807) is 29.6 Å². The first-order valence-electron chi connectivity index (χ1n) is 23.6. The molecule has 0 spiro atoms. The third kappa shape index (κ3) is 18.5. The van der Waals surface area contributed by atoms with E-state index < -0.39 is 56.3 Å². The lowest BCUT2D eigenvalue weighted by Crippen LogP contribution is -2.59. The molecule has 0 aliphatic carbocycles. The van der Waals surface area contributed by atoms with Gasteiger partial charge in [-0.3, -0.25) is 33.7 Å². The monoisotopic (exact) mass is 944 g/mol. The maximum absolute atomic E-state index is 14.9. The Bertz CT molecular complexity index is 1850. The molecule has 3 rings (SSSR count). The van der Waals surface area contributed by atoms with Gasteiger partial charge in [-0.2, -0.15) is 0 Å². The molecule has 1 unspecified atom stereocenters. The number of hydrogen-bond acceptors (Lipinski definition) is 13. The number of benzene rings is 1. The second kappa shape index (κ2) is 26.8. The van der Waals surface area contributed by atoms with Crippen molar-refractivity contribution in [2.24, 2.45) is 17.8 Å². The fourth-order valence-corrected chi connectivity index (χ4v) is 10.2. The Hall–Kier alpha value is -4.19. The van der Waals surface area contributed by atoms with E-state index in [0.29, 0.717) is 50.0 Å². The number of ketones is 1. The van der Waals surface area contributed by atoms with Crippen LogP contribution in [0.5, 0.6) is 5.75 Å². The van der Waals surface area contributed by atoms with E-state index in [0.717, 1.165) is 48.8 Å². The maximum Gasteiger partial charge on any atom is 0.307 e. The summed E-state index contributed by atoms with van der Waals surface area (Å²) in [7, 11) is -0.292. The number of piperidine rings is 1. The minimum atomic E-state index is -2.20. The van der Waals surface area contributed by atoms with Gasteiger partial charge in [0, 0.05) is 49.6 Å². The molecule has 364 valence electrons. The zero-order valence-corrected chi connectivity index (χ0v) is 42.3. The Morgan fingerprint density at radius 3 is 2.28 bits per heavy atom. The molecule has 65 heavy (non-hydrogen) atoms. The summed E-state index contributed by atoms with van der Waals surface area (Å²) in [6, 6.07) is 4.96. The number of hydrogen-bond donors (Lipinski definition) is 4. The van der Waals surface area contributed by atoms with Crippen LogP contribution in [0.1, 0.15) is 146 Å². The van der Waals surface area contributed by atoms with E-state index in [9.17, 15) is 38.7 Å². The van der Waals surface area contributed by atoms with Crippen molar-refractivity contribution in [1.29, 1.82) is 0 Å². The lowest BCUT2D eigenvalue weighted by Gasteiger charge is -2.39. The van der Waals surface area contributed by atoms with Gasteiger partial charge in [0.1, 0.15) is 28.3 Å². The first-order chi connectivity index (χ1) is 30.6. The number of Topliss-reactive ketones (excluding diaryl/α,β-unsaturated/α-hetero) is 1. The van der Waals surface area contributed by atoms with Crippen molar-refractivity contribution in [1.82, 2.24) is 25.4 Å². The predicted molar refractivity (Wildman–Crippen MR) is 254 cm³/mol. The van der Waals surface area contributed by atoms with Crippen molar-refractivity contribution < 1.29 is 48.1 Å². The summed E-state index contributed by atoms with van der Waals surface area (Å²) in [6.45, 7) is 16.8. The van der Waals surface area contributed by atoms with Gasteiger partial charge in [0.15, 0.2) is 21.2 Å². The average Bonchev–Trinajstić information content (AvgIpc) is 3.74. The van der Waals surface area contributed by atoms with Gasteiger partial charge >= 0.3 is 11.9 Å². The third-order valence-corrected chi connectivity index (χ3v) is 14.8. The Morgan fingerprint density at radius 2 is 1.68 bits per heavy atom. The van der Waals surface area contributed by atoms with Crippen molar-refractivity contribution in [3.8, 4) is 5.75 Å². The molecule has 2 aromatic rings. The Kier molecular flexibility index (Phi) is 22.8. The van der Waals surface area contributed by atoms with Gasteiger partial charge in [0.05, 0.1) is 6.04 Å². The van der Waals surface area contributed by atoms with Crippen LogP contribution < -0.4 is 10.6 Å². The molecule has 4 N–H and O–H groups in total. The van der Waals surface area contributed by atoms with Crippen LogP contribution in [0.2, 0.25) is 19.1 Å². The summed E-state index contributed by atoms with van der Waals surface area (Å²) in [5.41, 5.74) is 0.940. The summed E-state index contributed by atoms with van der Waals surface area (Å²) in [5.74, 6) is -2.90. The first kappa shape index (κ1) is 55.1. The second-order valence-corrected chi connectivity index (χ2v) is 24.0. The number of carbonyl (C=O) groups excluding carboxylic acids is 6. The molecule has 1 aliphatic heterocycles. The highest BCUT2D eigenvalue weighted by Crippen LogP contribution is 2.32. The van der Waals surface area contributed by atoms with Crippen LogP contribution in [0.25, 0.3) is 0 Å². The summed E-state index contributed by atoms with van der Waals surface area (Å²) >= 11 is 1.13. The molecule has 0 bridgehead atoms. The lowest BCUT2D eigenvalue weighted by atomic mass is 9.91. The Balaban J connectivity index is 1.92. The van der Waals surface area contributed by atoms with Crippen molar-refractivity contribution in [3.05, 3.63) is 45.9 Å². The summed E-state index contributed by atoms with van der Waals surface area (Å²) in [6.07, 6.45) is 5.51. The number of carbonyl (C=O) groups is 6. The molecule has 1 aromatic heterocycles. The number of likely N-dealkylation sites (N-methyl/N-ethyl adjacent to an activating group) is 1. The van der Waals surface area contributed by atoms with Crippen LogP contribution in [-0.2, 0) is 39.9 Å². The number of aromatic hydroxyl groups is 1. The molecule has 3 amide bonds. The zero-order chi connectivity index (χ0) is 48.4. The van der Waals surface area contributed by atoms with Crippen LogP contribution >= 0.6 is 11.3 Å². The van der Waals surface area contributed by atoms with Crippen molar-refractivity contribution in [3.63, 3.8) is 0 Å².